The van der Waals surface area contributed by atoms with Crippen LogP contribution in [0.1, 0.15) is 40.0 Å². The molecule has 0 heterocycles. The fraction of sp³-hybridized carbons (Fsp3) is 1.00. The average Bonchev–Trinajstić information content (AvgIpc) is 2.11. The smallest absolute Gasteiger partial charge is 0.0477 e. The maximum absolute atomic E-state index is 5.25. The zero-order chi connectivity index (χ0) is 9.94. The van der Waals surface area contributed by atoms with Gasteiger partial charge in [0.25, 0.3) is 0 Å². The van der Waals surface area contributed by atoms with Crippen LogP contribution in [0.4, 0.5) is 0 Å². The molecule has 2 nitrogen and oxygen atoms in total. The maximum Gasteiger partial charge on any atom is 0.0477 e. The Kier molecular flexibility index (Phi) is 9.94. The minimum absolute atomic E-state index is 0.817. The second-order valence-corrected chi connectivity index (χ2v) is 3.65. The van der Waals surface area contributed by atoms with Crippen molar-refractivity contribution in [1.82, 2.24) is 5.32 Å². The van der Waals surface area contributed by atoms with E-state index in [2.05, 4.69) is 19.2 Å². The molecule has 1 unspecified atom stereocenters. The molecular weight excluding hydrogens is 162 g/mol. The Hall–Kier alpha value is -0.0800. The van der Waals surface area contributed by atoms with Crippen LogP contribution in [0.3, 0.4) is 0 Å². The first-order chi connectivity index (χ1) is 6.31. The van der Waals surface area contributed by atoms with Gasteiger partial charge in [-0.2, -0.15) is 0 Å². The van der Waals surface area contributed by atoms with Crippen molar-refractivity contribution < 1.29 is 4.74 Å². The molecule has 0 aliphatic carbocycles. The largest absolute Gasteiger partial charge is 0.382 e. The monoisotopic (exact) mass is 187 g/mol. The fourth-order valence-corrected chi connectivity index (χ4v) is 1.39. The van der Waals surface area contributed by atoms with Crippen molar-refractivity contribution in [1.29, 1.82) is 0 Å². The second kappa shape index (κ2) is 10.0. The van der Waals surface area contributed by atoms with Gasteiger partial charge in [0.05, 0.1) is 0 Å². The van der Waals surface area contributed by atoms with Crippen LogP contribution in [0.5, 0.6) is 0 Å². The second-order valence-electron chi connectivity index (χ2n) is 3.65. The molecule has 13 heavy (non-hydrogen) atoms. The Morgan fingerprint density at radius 2 is 2.08 bits per heavy atom. The lowest BCUT2D eigenvalue weighted by Crippen LogP contribution is -2.23. The molecule has 0 aliphatic heterocycles. The van der Waals surface area contributed by atoms with Crippen LogP contribution in [0.2, 0.25) is 0 Å². The number of hydrogen-bond acceptors (Lipinski definition) is 2. The highest BCUT2D eigenvalue weighted by molar-refractivity contribution is 4.56. The van der Waals surface area contributed by atoms with Gasteiger partial charge in [0.1, 0.15) is 0 Å². The van der Waals surface area contributed by atoms with Crippen LogP contribution in [0.25, 0.3) is 0 Å². The van der Waals surface area contributed by atoms with E-state index in [1.54, 1.807) is 0 Å². The van der Waals surface area contributed by atoms with Gasteiger partial charge in [-0.15, -0.1) is 0 Å². The predicted molar refractivity (Wildman–Crippen MR) is 58.1 cm³/mol. The Labute approximate surface area is 83.1 Å². The third kappa shape index (κ3) is 9.84. The Morgan fingerprint density at radius 1 is 1.31 bits per heavy atom. The summed E-state index contributed by atoms with van der Waals surface area (Å²) in [5.41, 5.74) is 0. The first-order valence-corrected chi connectivity index (χ1v) is 5.59. The van der Waals surface area contributed by atoms with E-state index in [1.807, 2.05) is 6.92 Å². The summed E-state index contributed by atoms with van der Waals surface area (Å²) in [5, 5.41) is 3.45. The Bertz CT molecular complexity index is 96.1. The minimum atomic E-state index is 0.817. The van der Waals surface area contributed by atoms with Gasteiger partial charge in [-0.3, -0.25) is 0 Å². The van der Waals surface area contributed by atoms with Crippen LogP contribution >= 0.6 is 0 Å². The molecule has 80 valence electrons. The Morgan fingerprint density at radius 3 is 2.69 bits per heavy atom. The number of hydrogen-bond donors (Lipinski definition) is 1. The lowest BCUT2D eigenvalue weighted by Gasteiger charge is -2.10. The van der Waals surface area contributed by atoms with Crippen molar-refractivity contribution in [2.45, 2.75) is 40.0 Å². The average molecular weight is 187 g/mol. The van der Waals surface area contributed by atoms with Crippen molar-refractivity contribution in [3.8, 4) is 0 Å². The van der Waals surface area contributed by atoms with E-state index >= 15 is 0 Å². The highest BCUT2D eigenvalue weighted by Gasteiger charge is 1.98. The molecule has 0 aromatic heterocycles. The molecule has 0 bridgehead atoms. The Balaban J connectivity index is 2.97. The van der Waals surface area contributed by atoms with Crippen LogP contribution in [0, 0.1) is 5.92 Å². The molecule has 0 aromatic carbocycles. The van der Waals surface area contributed by atoms with E-state index < -0.39 is 0 Å². The molecular formula is C11H25NO. The van der Waals surface area contributed by atoms with E-state index in [1.165, 1.54) is 12.8 Å². The summed E-state index contributed by atoms with van der Waals surface area (Å²) in [5.74, 6) is 0.817. The van der Waals surface area contributed by atoms with Gasteiger partial charge in [0.15, 0.2) is 0 Å². The quantitative estimate of drug-likeness (QED) is 0.560. The van der Waals surface area contributed by atoms with Gasteiger partial charge in [-0.05, 0) is 38.8 Å². The number of nitrogens with one attached hydrogen (secondary N) is 1. The van der Waals surface area contributed by atoms with Crippen molar-refractivity contribution in [2.75, 3.05) is 26.3 Å². The van der Waals surface area contributed by atoms with Gasteiger partial charge in [-0.25, -0.2) is 0 Å². The molecule has 0 rings (SSSR count). The topological polar surface area (TPSA) is 21.3 Å². The van der Waals surface area contributed by atoms with E-state index in [-0.39, 0.29) is 0 Å². The van der Waals surface area contributed by atoms with E-state index in [4.69, 9.17) is 4.74 Å². The summed E-state index contributed by atoms with van der Waals surface area (Å²) in [4.78, 5) is 0. The van der Waals surface area contributed by atoms with Crippen LogP contribution < -0.4 is 5.32 Å². The third-order valence-corrected chi connectivity index (χ3v) is 2.12. The van der Waals surface area contributed by atoms with Crippen molar-refractivity contribution in [3.05, 3.63) is 0 Å². The van der Waals surface area contributed by atoms with Gasteiger partial charge in [0, 0.05) is 13.2 Å². The summed E-state index contributed by atoms with van der Waals surface area (Å²) >= 11 is 0. The molecule has 0 radical (unpaired) electrons. The maximum atomic E-state index is 5.25. The number of rotatable bonds is 9. The summed E-state index contributed by atoms with van der Waals surface area (Å²) in [6.45, 7) is 10.6. The molecule has 0 saturated carbocycles. The van der Waals surface area contributed by atoms with Gasteiger partial charge in [-0.1, -0.05) is 20.3 Å². The standard InChI is InChI=1S/C11H25NO/c1-4-7-11(3)10-12-8-6-9-13-5-2/h11-12H,4-10H2,1-3H3. The van der Waals surface area contributed by atoms with Gasteiger partial charge < -0.3 is 10.1 Å². The van der Waals surface area contributed by atoms with Crippen LogP contribution in [-0.2, 0) is 4.74 Å². The highest BCUT2D eigenvalue weighted by atomic mass is 16.5. The molecule has 2 heteroatoms. The molecule has 1 atom stereocenters. The summed E-state index contributed by atoms with van der Waals surface area (Å²) in [6, 6.07) is 0. The third-order valence-electron chi connectivity index (χ3n) is 2.12. The minimum Gasteiger partial charge on any atom is -0.382 e. The molecule has 0 saturated heterocycles. The molecule has 0 fully saturated rings. The lowest BCUT2D eigenvalue weighted by atomic mass is 10.1. The first kappa shape index (κ1) is 12.9. The lowest BCUT2D eigenvalue weighted by molar-refractivity contribution is 0.144. The zero-order valence-corrected chi connectivity index (χ0v) is 9.44. The molecule has 0 spiro atoms. The molecule has 1 N–H and O–H groups in total. The molecule has 0 aliphatic rings. The normalized spacial score (nSPS) is 13.2. The summed E-state index contributed by atoms with van der Waals surface area (Å²) < 4.78 is 5.25. The van der Waals surface area contributed by atoms with E-state index in [9.17, 15) is 0 Å². The summed E-state index contributed by atoms with van der Waals surface area (Å²) in [6.07, 6.45) is 3.76. The molecule has 0 aromatic rings. The first-order valence-electron chi connectivity index (χ1n) is 5.59. The fourth-order valence-electron chi connectivity index (χ4n) is 1.39. The summed E-state index contributed by atoms with van der Waals surface area (Å²) in [7, 11) is 0. The van der Waals surface area contributed by atoms with Crippen molar-refractivity contribution in [3.63, 3.8) is 0 Å². The van der Waals surface area contributed by atoms with Crippen LogP contribution in [-0.4, -0.2) is 26.3 Å². The van der Waals surface area contributed by atoms with Crippen LogP contribution in [0.15, 0.2) is 0 Å². The van der Waals surface area contributed by atoms with E-state index in [0.29, 0.717) is 0 Å². The zero-order valence-electron chi connectivity index (χ0n) is 9.44. The van der Waals surface area contributed by atoms with Crippen molar-refractivity contribution >= 4 is 0 Å². The number of ether oxygens (including phenoxy) is 1. The van der Waals surface area contributed by atoms with Gasteiger partial charge in [0.2, 0.25) is 0 Å². The van der Waals surface area contributed by atoms with Crippen molar-refractivity contribution in [2.24, 2.45) is 5.92 Å². The van der Waals surface area contributed by atoms with Gasteiger partial charge >= 0.3 is 0 Å². The predicted octanol–water partition coefficient (Wildman–Crippen LogP) is 2.44. The van der Waals surface area contributed by atoms with E-state index in [0.717, 1.165) is 38.6 Å². The molecule has 0 amide bonds. The highest BCUT2D eigenvalue weighted by Crippen LogP contribution is 2.02. The SMILES string of the molecule is CCCC(C)CNCCCOCC.